The molecule has 2 amide bonds. The molecule has 2 aromatic carbocycles. The van der Waals surface area contributed by atoms with Crippen LogP contribution in [0.5, 0.6) is 0 Å². The fraction of sp³-hybridized carbons (Fsp3) is 0.0526. The minimum absolute atomic E-state index is 0.181. The van der Waals surface area contributed by atoms with Crippen molar-refractivity contribution in [2.45, 2.75) is 6.92 Å². The zero-order valence-electron chi connectivity index (χ0n) is 13.4. The highest BCUT2D eigenvalue weighted by Gasteiger charge is 2.13. The van der Waals surface area contributed by atoms with E-state index in [1.54, 1.807) is 30.3 Å². The molecule has 1 heterocycles. The summed E-state index contributed by atoms with van der Waals surface area (Å²) in [6.07, 6.45) is 1.41. The van der Waals surface area contributed by atoms with E-state index in [4.69, 9.17) is 4.42 Å². The van der Waals surface area contributed by atoms with Crippen molar-refractivity contribution in [2.75, 3.05) is 10.6 Å². The number of nitrogens with one attached hydrogen (secondary N) is 2. The molecule has 0 fully saturated rings. The van der Waals surface area contributed by atoms with Crippen LogP contribution in [0.25, 0.3) is 0 Å². The first-order chi connectivity index (χ1) is 12.0. The first-order valence-electron chi connectivity index (χ1n) is 7.55. The normalized spacial score (nSPS) is 10.3. The molecule has 0 aliphatic heterocycles. The van der Waals surface area contributed by atoms with Crippen LogP contribution in [0.4, 0.5) is 15.8 Å². The van der Waals surface area contributed by atoms with Crippen LogP contribution in [0.3, 0.4) is 0 Å². The number of carbonyl (C=O) groups excluding carboxylic acids is 2. The van der Waals surface area contributed by atoms with Gasteiger partial charge in [-0.3, -0.25) is 9.59 Å². The lowest BCUT2D eigenvalue weighted by atomic mass is 10.1. The average Bonchev–Trinajstić information content (AvgIpc) is 3.13. The van der Waals surface area contributed by atoms with Crippen LogP contribution in [-0.2, 0) is 0 Å². The van der Waals surface area contributed by atoms with Crippen LogP contribution in [0.2, 0.25) is 0 Å². The molecule has 0 spiro atoms. The Balaban J connectivity index is 1.77. The summed E-state index contributed by atoms with van der Waals surface area (Å²) in [5.41, 5.74) is 2.16. The Labute approximate surface area is 143 Å². The molecule has 2 N–H and O–H groups in total. The molecule has 0 radical (unpaired) electrons. The van der Waals surface area contributed by atoms with Gasteiger partial charge < -0.3 is 15.1 Å². The van der Waals surface area contributed by atoms with E-state index in [9.17, 15) is 14.0 Å². The number of hydrogen-bond donors (Lipinski definition) is 2. The van der Waals surface area contributed by atoms with Crippen molar-refractivity contribution >= 4 is 23.2 Å². The molecule has 0 bridgehead atoms. The SMILES string of the molecule is Cc1ccc(C(=O)Nc2ccc(F)cc2)cc1NC(=O)c1ccco1. The number of carbonyl (C=O) groups is 2. The number of amides is 2. The van der Waals surface area contributed by atoms with Crippen LogP contribution >= 0.6 is 0 Å². The fourth-order valence-corrected chi connectivity index (χ4v) is 2.23. The third-order valence-electron chi connectivity index (χ3n) is 3.60. The van der Waals surface area contributed by atoms with E-state index in [2.05, 4.69) is 10.6 Å². The molecule has 3 rings (SSSR count). The molecular formula is C19H15FN2O3. The topological polar surface area (TPSA) is 71.3 Å². The van der Waals surface area contributed by atoms with E-state index in [1.807, 2.05) is 6.92 Å². The fourth-order valence-electron chi connectivity index (χ4n) is 2.23. The van der Waals surface area contributed by atoms with Gasteiger partial charge in [-0.2, -0.15) is 0 Å². The summed E-state index contributed by atoms with van der Waals surface area (Å²) in [4.78, 5) is 24.4. The van der Waals surface area contributed by atoms with Crippen molar-refractivity contribution in [1.82, 2.24) is 0 Å². The number of hydrogen-bond acceptors (Lipinski definition) is 3. The summed E-state index contributed by atoms with van der Waals surface area (Å²) in [6, 6.07) is 13.6. The Hall–Kier alpha value is -3.41. The second kappa shape index (κ2) is 7.00. The summed E-state index contributed by atoms with van der Waals surface area (Å²) in [6.45, 7) is 1.82. The predicted octanol–water partition coefficient (Wildman–Crippen LogP) is 4.23. The van der Waals surface area contributed by atoms with Gasteiger partial charge in [0, 0.05) is 16.9 Å². The number of halogens is 1. The Morgan fingerprint density at radius 1 is 0.960 bits per heavy atom. The van der Waals surface area contributed by atoms with Gasteiger partial charge >= 0.3 is 0 Å². The smallest absolute Gasteiger partial charge is 0.291 e. The van der Waals surface area contributed by atoms with E-state index in [0.29, 0.717) is 16.9 Å². The number of aryl methyl sites for hydroxylation is 1. The molecule has 5 nitrogen and oxygen atoms in total. The molecule has 3 aromatic rings. The van der Waals surface area contributed by atoms with E-state index in [-0.39, 0.29) is 17.5 Å². The van der Waals surface area contributed by atoms with E-state index >= 15 is 0 Å². The number of anilines is 2. The first-order valence-corrected chi connectivity index (χ1v) is 7.55. The lowest BCUT2D eigenvalue weighted by Crippen LogP contribution is -2.15. The Kier molecular flexibility index (Phi) is 4.61. The van der Waals surface area contributed by atoms with Crippen LogP contribution in [0, 0.1) is 12.7 Å². The summed E-state index contributed by atoms with van der Waals surface area (Å²) in [5.74, 6) is -0.957. The molecule has 0 aliphatic rings. The van der Waals surface area contributed by atoms with Crippen molar-refractivity contribution in [3.8, 4) is 0 Å². The van der Waals surface area contributed by atoms with E-state index in [1.165, 1.54) is 30.5 Å². The highest BCUT2D eigenvalue weighted by atomic mass is 19.1. The maximum Gasteiger partial charge on any atom is 0.291 e. The highest BCUT2D eigenvalue weighted by Crippen LogP contribution is 2.19. The molecule has 0 atom stereocenters. The van der Waals surface area contributed by atoms with Gasteiger partial charge in [0.25, 0.3) is 11.8 Å². The van der Waals surface area contributed by atoms with Gasteiger partial charge in [-0.1, -0.05) is 6.07 Å². The quantitative estimate of drug-likeness (QED) is 0.748. The number of benzene rings is 2. The standard InChI is InChI=1S/C19H15FN2O3/c1-12-4-5-13(18(23)21-15-8-6-14(20)7-9-15)11-16(12)22-19(24)17-3-2-10-25-17/h2-11H,1H3,(H,21,23)(H,22,24). The third kappa shape index (κ3) is 3.92. The molecule has 0 saturated carbocycles. The molecule has 0 aliphatic carbocycles. The van der Waals surface area contributed by atoms with Crippen LogP contribution in [-0.4, -0.2) is 11.8 Å². The Morgan fingerprint density at radius 2 is 1.72 bits per heavy atom. The van der Waals surface area contributed by atoms with Crippen molar-refractivity contribution in [3.63, 3.8) is 0 Å². The number of rotatable bonds is 4. The van der Waals surface area contributed by atoms with Gasteiger partial charge in [0.05, 0.1) is 6.26 Å². The summed E-state index contributed by atoms with van der Waals surface area (Å²) >= 11 is 0. The third-order valence-corrected chi connectivity index (χ3v) is 3.60. The van der Waals surface area contributed by atoms with Crippen molar-refractivity contribution < 1.29 is 18.4 Å². The summed E-state index contributed by atoms with van der Waals surface area (Å²) in [7, 11) is 0. The monoisotopic (exact) mass is 338 g/mol. The van der Waals surface area contributed by atoms with Gasteiger partial charge in [0.15, 0.2) is 5.76 Å². The zero-order valence-corrected chi connectivity index (χ0v) is 13.4. The molecule has 0 saturated heterocycles. The maximum absolute atomic E-state index is 12.9. The maximum atomic E-state index is 12.9. The molecule has 1 aromatic heterocycles. The second-order valence-electron chi connectivity index (χ2n) is 5.42. The van der Waals surface area contributed by atoms with Crippen LogP contribution in [0.15, 0.2) is 65.3 Å². The predicted molar refractivity (Wildman–Crippen MR) is 92.2 cm³/mol. The Bertz CT molecular complexity index is 903. The molecule has 25 heavy (non-hydrogen) atoms. The summed E-state index contributed by atoms with van der Waals surface area (Å²) < 4.78 is 18.0. The average molecular weight is 338 g/mol. The van der Waals surface area contributed by atoms with E-state index in [0.717, 1.165) is 5.56 Å². The molecular weight excluding hydrogens is 323 g/mol. The summed E-state index contributed by atoms with van der Waals surface area (Å²) in [5, 5.41) is 5.39. The lowest BCUT2D eigenvalue weighted by molar-refractivity contribution is 0.0993. The second-order valence-corrected chi connectivity index (χ2v) is 5.42. The van der Waals surface area contributed by atoms with Crippen molar-refractivity contribution in [3.05, 3.63) is 83.6 Å². The molecule has 126 valence electrons. The minimum Gasteiger partial charge on any atom is -0.459 e. The van der Waals surface area contributed by atoms with Crippen LogP contribution in [0.1, 0.15) is 26.5 Å². The van der Waals surface area contributed by atoms with Gasteiger partial charge in [-0.15, -0.1) is 0 Å². The van der Waals surface area contributed by atoms with E-state index < -0.39 is 5.91 Å². The lowest BCUT2D eigenvalue weighted by Gasteiger charge is -2.10. The van der Waals surface area contributed by atoms with Crippen LogP contribution < -0.4 is 10.6 Å². The number of furan rings is 1. The van der Waals surface area contributed by atoms with Gasteiger partial charge in [0.2, 0.25) is 0 Å². The van der Waals surface area contributed by atoms with Crippen molar-refractivity contribution in [2.24, 2.45) is 0 Å². The van der Waals surface area contributed by atoms with Gasteiger partial charge in [-0.05, 0) is 61.0 Å². The zero-order chi connectivity index (χ0) is 17.8. The highest BCUT2D eigenvalue weighted by molar-refractivity contribution is 6.07. The molecule has 0 unspecified atom stereocenters. The first kappa shape index (κ1) is 16.4. The molecule has 6 heteroatoms. The van der Waals surface area contributed by atoms with Gasteiger partial charge in [0.1, 0.15) is 5.82 Å². The van der Waals surface area contributed by atoms with Crippen molar-refractivity contribution in [1.29, 1.82) is 0 Å². The minimum atomic E-state index is -0.399. The van der Waals surface area contributed by atoms with Gasteiger partial charge in [-0.25, -0.2) is 4.39 Å². The largest absolute Gasteiger partial charge is 0.459 e. The Morgan fingerprint density at radius 3 is 2.40 bits per heavy atom.